The first-order chi connectivity index (χ1) is 15.0. The number of nitrogens with one attached hydrogen (secondary N) is 2. The highest BCUT2D eigenvalue weighted by Gasteiger charge is 2.54. The SMILES string of the molecule is O=C(O)CSc1nc(SCC2=C(C(=O)O)N3C(=O)C(NC(=S)CC(F)(F)F)[C@H]3SC2)n[nH]1. The normalized spacial score (nSPS) is 20.6. The Hall–Kier alpha value is -1.98. The summed E-state index contributed by atoms with van der Waals surface area (Å²) in [5, 5.41) is 27.1. The van der Waals surface area contributed by atoms with E-state index in [1.165, 1.54) is 11.8 Å². The number of fused-ring (bicyclic) bond motifs is 1. The molecule has 1 saturated heterocycles. The molecule has 0 radical (unpaired) electrons. The summed E-state index contributed by atoms with van der Waals surface area (Å²) >= 11 is 7.92. The molecular formula is C15H14F3N5O5S4. The molecule has 0 aliphatic carbocycles. The first-order valence-electron chi connectivity index (χ1n) is 8.62. The Balaban J connectivity index is 1.65. The van der Waals surface area contributed by atoms with Crippen LogP contribution in [0.25, 0.3) is 0 Å². The molecule has 2 atom stereocenters. The Labute approximate surface area is 196 Å². The highest BCUT2D eigenvalue weighted by Crippen LogP contribution is 2.41. The van der Waals surface area contributed by atoms with E-state index < -0.39 is 46.8 Å². The zero-order valence-electron chi connectivity index (χ0n) is 15.7. The number of thioether (sulfide) groups is 3. The standard InChI is InChI=1S/C15H14F3N5O5S4/c16-15(17,18)1-6(29)19-8-10(26)23-9(12(27)28)5(2-30-11(8)23)3-31-13-20-14(22-21-13)32-4-7(24)25/h8,11H,1-4H2,(H,19,29)(H,24,25)(H,27,28)(H,20,21,22)/t8?,11-/m1/s1. The first-order valence-corrected chi connectivity index (χ1v) is 12.0. The number of nitrogens with zero attached hydrogens (tertiary/aromatic N) is 3. The quantitative estimate of drug-likeness (QED) is 0.209. The second-order valence-corrected chi connectivity index (χ2v) is 9.90. The molecule has 2 aliphatic rings. The second-order valence-electron chi connectivity index (χ2n) is 6.40. The van der Waals surface area contributed by atoms with Crippen LogP contribution in [0.15, 0.2) is 21.6 Å². The fraction of sp³-hybridized carbons (Fsp3) is 0.467. The summed E-state index contributed by atoms with van der Waals surface area (Å²) in [6.07, 6.45) is -5.88. The van der Waals surface area contributed by atoms with E-state index in [2.05, 4.69) is 32.7 Å². The summed E-state index contributed by atoms with van der Waals surface area (Å²) in [5.41, 5.74) is 0.208. The van der Waals surface area contributed by atoms with Crippen molar-refractivity contribution in [2.24, 2.45) is 0 Å². The van der Waals surface area contributed by atoms with E-state index in [9.17, 15) is 32.7 Å². The Morgan fingerprint density at radius 3 is 2.69 bits per heavy atom. The summed E-state index contributed by atoms with van der Waals surface area (Å²) in [6.45, 7) is 0. The maximum absolute atomic E-state index is 12.5. The molecule has 32 heavy (non-hydrogen) atoms. The lowest BCUT2D eigenvalue weighted by atomic mass is 10.0. The molecule has 10 nitrogen and oxygen atoms in total. The number of hydrogen-bond acceptors (Lipinski definition) is 9. The van der Waals surface area contributed by atoms with E-state index in [-0.39, 0.29) is 28.1 Å². The number of β-lactam (4-membered cyclic amide) rings is 1. The van der Waals surface area contributed by atoms with Crippen LogP contribution < -0.4 is 5.32 Å². The summed E-state index contributed by atoms with van der Waals surface area (Å²) in [6, 6.07) is -1.03. The van der Waals surface area contributed by atoms with Crippen LogP contribution in [0.3, 0.4) is 0 Å². The molecule has 174 valence electrons. The summed E-state index contributed by atoms with van der Waals surface area (Å²) in [4.78, 5) is 39.5. The van der Waals surface area contributed by atoms with Crippen LogP contribution in [-0.4, -0.2) is 88.0 Å². The lowest BCUT2D eigenvalue weighted by Crippen LogP contribution is -2.70. The van der Waals surface area contributed by atoms with Crippen molar-refractivity contribution in [1.29, 1.82) is 0 Å². The Morgan fingerprint density at radius 1 is 1.34 bits per heavy atom. The number of alkyl halides is 3. The highest BCUT2D eigenvalue weighted by molar-refractivity contribution is 8.01. The topological polar surface area (TPSA) is 149 Å². The van der Waals surface area contributed by atoms with Gasteiger partial charge in [-0.25, -0.2) is 4.79 Å². The van der Waals surface area contributed by atoms with Gasteiger partial charge in [-0.2, -0.15) is 18.2 Å². The van der Waals surface area contributed by atoms with Gasteiger partial charge >= 0.3 is 18.1 Å². The number of aromatic amines is 1. The largest absolute Gasteiger partial charge is 0.481 e. The van der Waals surface area contributed by atoms with Gasteiger partial charge < -0.3 is 15.5 Å². The van der Waals surface area contributed by atoms with Crippen molar-refractivity contribution < 1.29 is 37.8 Å². The lowest BCUT2D eigenvalue weighted by molar-refractivity contribution is -0.148. The van der Waals surface area contributed by atoms with Gasteiger partial charge in [0.25, 0.3) is 5.91 Å². The molecule has 3 heterocycles. The maximum Gasteiger partial charge on any atom is 0.395 e. The molecule has 4 N–H and O–H groups in total. The predicted molar refractivity (Wildman–Crippen MR) is 113 cm³/mol. The smallest absolute Gasteiger partial charge is 0.395 e. The minimum Gasteiger partial charge on any atom is -0.481 e. The average molecular weight is 530 g/mol. The fourth-order valence-electron chi connectivity index (χ4n) is 2.84. The lowest BCUT2D eigenvalue weighted by Gasteiger charge is -2.49. The van der Waals surface area contributed by atoms with E-state index >= 15 is 0 Å². The number of carboxylic acid groups (broad SMARTS) is 2. The molecular weight excluding hydrogens is 515 g/mol. The Kier molecular flexibility index (Phi) is 7.61. The van der Waals surface area contributed by atoms with E-state index in [4.69, 9.17) is 5.11 Å². The van der Waals surface area contributed by atoms with Crippen LogP contribution in [-0.2, 0) is 14.4 Å². The number of amides is 1. The zero-order chi connectivity index (χ0) is 23.6. The zero-order valence-corrected chi connectivity index (χ0v) is 19.0. The fourth-order valence-corrected chi connectivity index (χ4v) is 6.00. The summed E-state index contributed by atoms with van der Waals surface area (Å²) in [7, 11) is 0. The molecule has 0 aromatic carbocycles. The van der Waals surface area contributed by atoms with Crippen molar-refractivity contribution in [3.05, 3.63) is 11.3 Å². The van der Waals surface area contributed by atoms with E-state index in [0.29, 0.717) is 10.7 Å². The number of hydrogen-bond donors (Lipinski definition) is 4. The maximum atomic E-state index is 12.5. The molecule has 0 spiro atoms. The van der Waals surface area contributed by atoms with Crippen LogP contribution in [0, 0.1) is 0 Å². The van der Waals surface area contributed by atoms with Gasteiger partial charge in [-0.15, -0.1) is 16.9 Å². The molecule has 0 saturated carbocycles. The number of carboxylic acids is 2. The predicted octanol–water partition coefficient (Wildman–Crippen LogP) is 1.57. The Morgan fingerprint density at radius 2 is 2.06 bits per heavy atom. The minimum absolute atomic E-state index is 0.149. The van der Waals surface area contributed by atoms with E-state index in [0.717, 1.165) is 28.4 Å². The number of H-pyrrole nitrogens is 1. The molecule has 0 bridgehead atoms. The molecule has 3 rings (SSSR count). The van der Waals surface area contributed by atoms with Crippen LogP contribution in [0.5, 0.6) is 0 Å². The molecule has 2 aliphatic heterocycles. The number of thiocarbonyl (C=S) groups is 1. The summed E-state index contributed by atoms with van der Waals surface area (Å²) in [5.74, 6) is -2.84. The molecule has 1 unspecified atom stereocenters. The van der Waals surface area contributed by atoms with Gasteiger partial charge in [0, 0.05) is 11.5 Å². The van der Waals surface area contributed by atoms with Gasteiger partial charge in [-0.3, -0.25) is 19.6 Å². The van der Waals surface area contributed by atoms with Crippen LogP contribution in [0.2, 0.25) is 0 Å². The van der Waals surface area contributed by atoms with E-state index in [1.54, 1.807) is 0 Å². The number of halogens is 3. The highest BCUT2D eigenvalue weighted by atomic mass is 32.2. The Bertz CT molecular complexity index is 985. The number of rotatable bonds is 9. The van der Waals surface area contributed by atoms with Gasteiger partial charge in [-0.05, 0) is 5.57 Å². The van der Waals surface area contributed by atoms with Gasteiger partial charge in [0.05, 0.1) is 17.2 Å². The van der Waals surface area contributed by atoms with Gasteiger partial charge in [0.15, 0.2) is 5.16 Å². The van der Waals surface area contributed by atoms with E-state index in [1.807, 2.05) is 0 Å². The number of aliphatic carboxylic acids is 2. The average Bonchev–Trinajstić information content (AvgIpc) is 3.14. The number of carbonyl (C=O) groups excluding carboxylic acids is 1. The summed E-state index contributed by atoms with van der Waals surface area (Å²) < 4.78 is 37.4. The first kappa shape index (κ1) is 24.7. The second kappa shape index (κ2) is 9.88. The van der Waals surface area contributed by atoms with Crippen molar-refractivity contribution in [3.63, 3.8) is 0 Å². The third-order valence-electron chi connectivity index (χ3n) is 4.08. The van der Waals surface area contributed by atoms with Crippen molar-refractivity contribution in [2.45, 2.75) is 34.3 Å². The third kappa shape index (κ3) is 5.87. The molecule has 1 fully saturated rings. The third-order valence-corrected chi connectivity index (χ3v) is 7.46. The van der Waals surface area contributed by atoms with Crippen LogP contribution >= 0.6 is 47.5 Å². The van der Waals surface area contributed by atoms with Crippen LogP contribution in [0.4, 0.5) is 13.2 Å². The molecule has 1 aromatic rings. The van der Waals surface area contributed by atoms with Crippen molar-refractivity contribution >= 4 is 70.3 Å². The van der Waals surface area contributed by atoms with Gasteiger partial charge in [0.2, 0.25) is 5.16 Å². The number of carbonyl (C=O) groups is 3. The molecule has 17 heteroatoms. The number of aromatic nitrogens is 3. The molecule has 1 aromatic heterocycles. The monoisotopic (exact) mass is 529 g/mol. The van der Waals surface area contributed by atoms with Crippen LogP contribution in [0.1, 0.15) is 6.42 Å². The minimum atomic E-state index is -4.51. The molecule has 1 amide bonds. The van der Waals surface area contributed by atoms with Crippen molar-refractivity contribution in [2.75, 3.05) is 17.3 Å². The van der Waals surface area contributed by atoms with Crippen molar-refractivity contribution in [1.82, 2.24) is 25.4 Å². The van der Waals surface area contributed by atoms with Gasteiger partial charge in [-0.1, -0.05) is 35.7 Å². The van der Waals surface area contributed by atoms with Gasteiger partial charge in [0.1, 0.15) is 17.1 Å². The van der Waals surface area contributed by atoms with Crippen molar-refractivity contribution in [3.8, 4) is 0 Å².